The van der Waals surface area contributed by atoms with Crippen molar-refractivity contribution in [2.24, 2.45) is 17.8 Å². The Morgan fingerprint density at radius 1 is 1.05 bits per heavy atom. The number of esters is 1. The van der Waals surface area contributed by atoms with Gasteiger partial charge >= 0.3 is 12.1 Å². The van der Waals surface area contributed by atoms with E-state index in [1.54, 1.807) is 4.90 Å². The Bertz CT molecular complexity index is 1010. The third-order valence-electron chi connectivity index (χ3n) is 9.18. The first-order valence-corrected chi connectivity index (χ1v) is 16.2. The summed E-state index contributed by atoms with van der Waals surface area (Å²) in [7, 11) is 1.17. The number of hydrogen-bond acceptors (Lipinski definition) is 9. The van der Waals surface area contributed by atoms with Crippen molar-refractivity contribution in [3.63, 3.8) is 0 Å². The minimum absolute atomic E-state index is 0.264. The van der Waals surface area contributed by atoms with Gasteiger partial charge in [-0.15, -0.1) is 0 Å². The lowest BCUT2D eigenvalue weighted by atomic mass is 9.81. The van der Waals surface area contributed by atoms with E-state index in [-0.39, 0.29) is 17.9 Å². The van der Waals surface area contributed by atoms with Crippen molar-refractivity contribution in [3.8, 4) is 0 Å². The molecule has 3 amide bonds. The van der Waals surface area contributed by atoms with E-state index in [1.807, 2.05) is 48.5 Å². The van der Waals surface area contributed by atoms with Crippen LogP contribution in [-0.2, 0) is 33.3 Å². The average molecular weight is 626 g/mol. The van der Waals surface area contributed by atoms with E-state index in [0.29, 0.717) is 25.4 Å². The molecule has 0 radical (unpaired) electrons. The summed E-state index contributed by atoms with van der Waals surface area (Å²) >= 11 is 0. The molecule has 2 heterocycles. The molecule has 3 N–H and O–H groups in total. The van der Waals surface area contributed by atoms with Crippen LogP contribution in [0.25, 0.3) is 0 Å². The van der Waals surface area contributed by atoms with Gasteiger partial charge in [0.1, 0.15) is 23.5 Å². The largest absolute Gasteiger partial charge is 0.467 e. The maximum absolute atomic E-state index is 13.9. The lowest BCUT2D eigenvalue weighted by Gasteiger charge is -2.37. The lowest BCUT2D eigenvalue weighted by molar-refractivity contribution is -0.147. The van der Waals surface area contributed by atoms with E-state index < -0.39 is 66.1 Å². The molecule has 0 unspecified atom stereocenters. The molecule has 12 nitrogen and oxygen atoms in total. The van der Waals surface area contributed by atoms with Crippen LogP contribution in [0, 0.1) is 17.8 Å². The molecule has 2 aliphatic heterocycles. The van der Waals surface area contributed by atoms with Crippen molar-refractivity contribution >= 4 is 23.9 Å². The number of ether oxygens (including phenoxy) is 4. The molecule has 3 aliphatic rings. The predicted octanol–water partition coefficient (Wildman–Crippen LogP) is 3.28. The van der Waals surface area contributed by atoms with Crippen LogP contribution in [0.2, 0.25) is 0 Å². The van der Waals surface area contributed by atoms with Gasteiger partial charge in [-0.1, -0.05) is 52.4 Å². The number of amides is 3. The molecule has 12 heteroatoms. The zero-order valence-corrected chi connectivity index (χ0v) is 27.9. The Labute approximate surface area is 262 Å². The molecule has 1 saturated carbocycles. The Kier molecular flexibility index (Phi) is 12.5. The Hall–Kier alpha value is -2.44. The van der Waals surface area contributed by atoms with Gasteiger partial charge in [0.25, 0.3) is 0 Å². The monoisotopic (exact) mass is 625 g/mol. The summed E-state index contributed by atoms with van der Waals surface area (Å²) in [5.74, 6) is -2.20. The van der Waals surface area contributed by atoms with Gasteiger partial charge < -0.3 is 34.7 Å². The molecule has 2 saturated heterocycles. The number of rotatable bonds is 11. The van der Waals surface area contributed by atoms with Crippen LogP contribution in [0.1, 0.15) is 99.8 Å². The van der Waals surface area contributed by atoms with E-state index in [4.69, 9.17) is 14.2 Å². The number of carbonyl (C=O) groups excluding carboxylic acids is 4. The predicted molar refractivity (Wildman–Crippen MR) is 162 cm³/mol. The number of hydrogen-bond donors (Lipinski definition) is 3. The molecule has 0 spiro atoms. The molecule has 3 fully saturated rings. The maximum atomic E-state index is 13.9. The molecule has 252 valence electrons. The van der Waals surface area contributed by atoms with Crippen LogP contribution in [0.5, 0.6) is 0 Å². The highest BCUT2D eigenvalue weighted by molar-refractivity contribution is 5.91. The fourth-order valence-corrected chi connectivity index (χ4v) is 6.73. The van der Waals surface area contributed by atoms with Crippen molar-refractivity contribution in [1.29, 1.82) is 0 Å². The number of aliphatic hydroxyl groups is 1. The quantitative estimate of drug-likeness (QED) is 0.294. The van der Waals surface area contributed by atoms with Crippen molar-refractivity contribution < 1.29 is 43.2 Å². The topological polar surface area (TPSA) is 153 Å². The molecule has 44 heavy (non-hydrogen) atoms. The second-order valence-electron chi connectivity index (χ2n) is 14.1. The summed E-state index contributed by atoms with van der Waals surface area (Å²) in [4.78, 5) is 54.4. The molecule has 0 bridgehead atoms. The smallest absolute Gasteiger partial charge is 0.412 e. The number of nitrogens with one attached hydrogen (secondary N) is 2. The zero-order valence-electron chi connectivity index (χ0n) is 27.9. The number of nitrogens with zero attached hydrogens (tertiary/aromatic N) is 1. The summed E-state index contributed by atoms with van der Waals surface area (Å²) in [5, 5.41) is 15.0. The van der Waals surface area contributed by atoms with Gasteiger partial charge in [0, 0.05) is 6.61 Å². The van der Waals surface area contributed by atoms with Crippen molar-refractivity contribution in [2.75, 3.05) is 20.3 Å². The summed E-state index contributed by atoms with van der Waals surface area (Å²) < 4.78 is 23.3. The Balaban J connectivity index is 1.86. The first kappa shape index (κ1) is 36.0. The highest BCUT2D eigenvalue weighted by atomic mass is 16.6. The average Bonchev–Trinajstić information content (AvgIpc) is 3.55. The fraction of sp³-hybridized carbons (Fsp3) is 0.875. The van der Waals surface area contributed by atoms with Gasteiger partial charge in [-0.2, -0.15) is 0 Å². The summed E-state index contributed by atoms with van der Waals surface area (Å²) in [5.41, 5.74) is -1.69. The van der Waals surface area contributed by atoms with Crippen LogP contribution in [-0.4, -0.2) is 95.9 Å². The standard InChI is InChI=1S/C32H55N3O9/c1-9-19(2)24(28(38)33-22(18-36)29(39)41-8)34-27(37)21-15-16-42-25(21)26-23(17-20-13-11-10-12-14-20)35(32(6,7)43-26)30(40)44-31(3,4)5/h19-26,36H,9-18H2,1-8H3,(H,33,38)(H,34,37)/t19-,21+,22-,23-,24-,25+,26+/m0/s1. The van der Waals surface area contributed by atoms with Crippen LogP contribution in [0.15, 0.2) is 0 Å². The SMILES string of the molecule is CC[C@H](C)[C@H](NC(=O)[C@@H]1CCO[C@H]1[C@@H]1OC(C)(C)N(C(=O)OC(C)(C)C)[C@H]1CC1CCCCC1)C(=O)N[C@@H](CO)C(=O)OC. The van der Waals surface area contributed by atoms with E-state index in [9.17, 15) is 24.3 Å². The number of aliphatic hydroxyl groups excluding tert-OH is 1. The van der Waals surface area contributed by atoms with Crippen LogP contribution in [0.4, 0.5) is 4.79 Å². The van der Waals surface area contributed by atoms with E-state index in [1.165, 1.54) is 13.5 Å². The van der Waals surface area contributed by atoms with Crippen LogP contribution in [0.3, 0.4) is 0 Å². The lowest BCUT2D eigenvalue weighted by Crippen LogP contribution is -2.57. The number of carbonyl (C=O) groups is 4. The fourth-order valence-electron chi connectivity index (χ4n) is 6.73. The van der Waals surface area contributed by atoms with Crippen LogP contribution >= 0.6 is 0 Å². The summed E-state index contributed by atoms with van der Waals surface area (Å²) in [6.45, 7) is 12.6. The minimum atomic E-state index is -1.24. The molecule has 0 aromatic rings. The van der Waals surface area contributed by atoms with Gasteiger partial charge in [-0.05, 0) is 59.3 Å². The zero-order chi connectivity index (χ0) is 32.8. The van der Waals surface area contributed by atoms with E-state index in [0.717, 1.165) is 32.1 Å². The molecule has 3 rings (SSSR count). The highest BCUT2D eigenvalue weighted by Gasteiger charge is 2.57. The normalized spacial score (nSPS) is 27.7. The molecular weight excluding hydrogens is 570 g/mol. The summed E-state index contributed by atoms with van der Waals surface area (Å²) in [6.07, 6.45) is 5.71. The maximum Gasteiger partial charge on any atom is 0.412 e. The van der Waals surface area contributed by atoms with Gasteiger partial charge in [-0.25, -0.2) is 9.59 Å². The number of methoxy groups -OCH3 is 1. The molecule has 7 atom stereocenters. The van der Waals surface area contributed by atoms with Gasteiger partial charge in [-0.3, -0.25) is 14.5 Å². The highest BCUT2D eigenvalue weighted by Crippen LogP contribution is 2.43. The van der Waals surface area contributed by atoms with Crippen molar-refractivity contribution in [3.05, 3.63) is 0 Å². The van der Waals surface area contributed by atoms with Crippen LogP contribution < -0.4 is 10.6 Å². The third kappa shape index (κ3) is 8.84. The van der Waals surface area contributed by atoms with Crippen molar-refractivity contribution in [2.45, 2.75) is 141 Å². The molecule has 1 aliphatic carbocycles. The third-order valence-corrected chi connectivity index (χ3v) is 9.18. The first-order chi connectivity index (χ1) is 20.6. The minimum Gasteiger partial charge on any atom is -0.467 e. The Morgan fingerprint density at radius 3 is 2.27 bits per heavy atom. The molecular formula is C32H55N3O9. The second-order valence-corrected chi connectivity index (χ2v) is 14.1. The van der Waals surface area contributed by atoms with E-state index in [2.05, 4.69) is 15.4 Å². The van der Waals surface area contributed by atoms with Gasteiger partial charge in [0.15, 0.2) is 6.04 Å². The first-order valence-electron chi connectivity index (χ1n) is 16.2. The van der Waals surface area contributed by atoms with Crippen molar-refractivity contribution in [1.82, 2.24) is 15.5 Å². The summed E-state index contributed by atoms with van der Waals surface area (Å²) in [6, 6.07) is -2.56. The molecule has 0 aromatic heterocycles. The Morgan fingerprint density at radius 2 is 1.70 bits per heavy atom. The van der Waals surface area contributed by atoms with E-state index >= 15 is 0 Å². The van der Waals surface area contributed by atoms with Gasteiger partial charge in [0.2, 0.25) is 11.8 Å². The second kappa shape index (κ2) is 15.2. The molecule has 0 aromatic carbocycles. The van der Waals surface area contributed by atoms with Gasteiger partial charge in [0.05, 0.1) is 31.8 Å².